The lowest BCUT2D eigenvalue weighted by Gasteiger charge is -2.22. The van der Waals surface area contributed by atoms with Gasteiger partial charge in [0.25, 0.3) is 0 Å². The zero-order chi connectivity index (χ0) is 46.4. The zero-order valence-corrected chi connectivity index (χ0v) is 36.8. The van der Waals surface area contributed by atoms with Gasteiger partial charge in [0.15, 0.2) is 0 Å². The third-order valence-electron chi connectivity index (χ3n) is 9.65. The highest BCUT2D eigenvalue weighted by atomic mass is 32.2. The Kier molecular flexibility index (Phi) is 19.8. The summed E-state index contributed by atoms with van der Waals surface area (Å²) >= 11 is 2.58. The molecule has 0 aliphatic carbocycles. The number of thioether (sulfide) groups is 2. The SMILES string of the molecule is Cc1cc(F)ccc1-c1cccc(C(CCSCCC(N)C(=O)OC(C)(C)C)C(F)(F)F)c1.Cc1ccc(-c2cccc(C(CCSCCC(N)C(=O)O)C(F)(F)F)c2)cc1F. The average molecular weight is 915 g/mol. The quantitative estimate of drug-likeness (QED) is 0.0514. The van der Waals surface area contributed by atoms with Gasteiger partial charge in [0, 0.05) is 0 Å². The Morgan fingerprint density at radius 3 is 1.60 bits per heavy atom. The van der Waals surface area contributed by atoms with Gasteiger partial charge in [0.1, 0.15) is 29.3 Å². The number of ether oxygens (including phenoxy) is 1. The van der Waals surface area contributed by atoms with E-state index in [4.69, 9.17) is 21.3 Å². The van der Waals surface area contributed by atoms with Gasteiger partial charge in [0.2, 0.25) is 0 Å². The maximum absolute atomic E-state index is 13.8. The molecular weight excluding hydrogens is 861 g/mol. The molecule has 4 aromatic carbocycles. The highest BCUT2D eigenvalue weighted by molar-refractivity contribution is 7.99. The van der Waals surface area contributed by atoms with Gasteiger partial charge in [0.05, 0.1) is 11.8 Å². The van der Waals surface area contributed by atoms with Crippen LogP contribution in [0.1, 0.15) is 80.5 Å². The molecule has 0 radical (unpaired) electrons. The summed E-state index contributed by atoms with van der Waals surface area (Å²) in [6.45, 7) is 8.59. The number of carbonyl (C=O) groups excluding carboxylic acids is 1. The minimum Gasteiger partial charge on any atom is -0.480 e. The molecular formula is C46H54F8N2O4S2. The standard InChI is InChI=1S/C25H31F4NO2S.C21H23F4NO2S/c1-16-14-19(26)8-9-20(16)17-6-5-7-18(15-17)21(25(27,28)29)10-12-33-13-11-22(30)23(31)32-24(2,3)4;1-13-5-6-15(12-18(13)22)14-3-2-4-16(11-14)17(21(23,24)25)7-9-29-10-8-19(26)20(27)28/h5-9,14-15,21-22H,10-13,30H2,1-4H3;2-6,11-12,17,19H,7-10,26H2,1H3,(H,27,28). The molecule has 4 unspecified atom stereocenters. The maximum atomic E-state index is 13.8. The van der Waals surface area contributed by atoms with Gasteiger partial charge in [-0.15, -0.1) is 0 Å². The lowest BCUT2D eigenvalue weighted by molar-refractivity contribution is -0.156. The molecule has 0 saturated carbocycles. The average Bonchev–Trinajstić information content (AvgIpc) is 3.17. The van der Waals surface area contributed by atoms with Gasteiger partial charge in [-0.25, -0.2) is 8.78 Å². The van der Waals surface area contributed by atoms with Crippen LogP contribution < -0.4 is 11.5 Å². The van der Waals surface area contributed by atoms with Crippen LogP contribution in [0.15, 0.2) is 84.9 Å². The summed E-state index contributed by atoms with van der Waals surface area (Å²) in [4.78, 5) is 22.6. The van der Waals surface area contributed by atoms with E-state index in [0.29, 0.717) is 51.3 Å². The molecule has 4 aromatic rings. The number of rotatable bonds is 18. The lowest BCUT2D eigenvalue weighted by Crippen LogP contribution is -2.37. The molecule has 0 heterocycles. The van der Waals surface area contributed by atoms with Crippen molar-refractivity contribution < 1.29 is 54.6 Å². The van der Waals surface area contributed by atoms with Crippen molar-refractivity contribution in [1.82, 2.24) is 0 Å². The Bertz CT molecular complexity index is 2070. The van der Waals surface area contributed by atoms with Crippen molar-refractivity contribution >= 4 is 35.5 Å². The number of carbonyl (C=O) groups is 2. The Labute approximate surface area is 366 Å². The summed E-state index contributed by atoms with van der Waals surface area (Å²) in [5.74, 6) is -4.37. The van der Waals surface area contributed by atoms with Crippen LogP contribution in [-0.2, 0) is 14.3 Å². The number of nitrogens with two attached hydrogens (primary N) is 2. The number of hydrogen-bond acceptors (Lipinski definition) is 7. The molecule has 16 heteroatoms. The van der Waals surface area contributed by atoms with Crippen LogP contribution in [0.5, 0.6) is 0 Å². The first-order valence-corrected chi connectivity index (χ1v) is 22.2. The number of aryl methyl sites for hydroxylation is 2. The summed E-state index contributed by atoms with van der Waals surface area (Å²) in [5, 5.41) is 8.73. The van der Waals surface area contributed by atoms with Crippen molar-refractivity contribution in [3.05, 3.63) is 119 Å². The van der Waals surface area contributed by atoms with Gasteiger partial charge >= 0.3 is 24.3 Å². The summed E-state index contributed by atoms with van der Waals surface area (Å²) in [6.07, 6.45) is -8.52. The van der Waals surface area contributed by atoms with Crippen molar-refractivity contribution in [3.8, 4) is 22.3 Å². The molecule has 5 N–H and O–H groups in total. The van der Waals surface area contributed by atoms with Crippen LogP contribution in [0.4, 0.5) is 35.1 Å². The summed E-state index contributed by atoms with van der Waals surface area (Å²) in [6, 6.07) is 19.4. The highest BCUT2D eigenvalue weighted by Gasteiger charge is 2.41. The molecule has 0 spiro atoms. The first-order chi connectivity index (χ1) is 28.9. The lowest BCUT2D eigenvalue weighted by atomic mass is 9.91. The first kappa shape index (κ1) is 52.2. The Morgan fingerprint density at radius 2 is 1.11 bits per heavy atom. The molecule has 0 saturated heterocycles. The number of halogens is 8. The van der Waals surface area contributed by atoms with Crippen LogP contribution in [0.25, 0.3) is 22.3 Å². The minimum atomic E-state index is -4.42. The maximum Gasteiger partial charge on any atom is 0.395 e. The van der Waals surface area contributed by atoms with Crippen LogP contribution in [0.2, 0.25) is 0 Å². The molecule has 4 rings (SSSR count). The monoisotopic (exact) mass is 914 g/mol. The predicted molar refractivity (Wildman–Crippen MR) is 233 cm³/mol. The number of carboxylic acid groups (broad SMARTS) is 1. The molecule has 4 atom stereocenters. The zero-order valence-electron chi connectivity index (χ0n) is 35.2. The third-order valence-corrected chi connectivity index (χ3v) is 11.7. The normalized spacial score (nSPS) is 14.0. The first-order valence-electron chi connectivity index (χ1n) is 19.9. The van der Waals surface area contributed by atoms with Crippen molar-refractivity contribution in [2.24, 2.45) is 11.5 Å². The fourth-order valence-electron chi connectivity index (χ4n) is 6.27. The third kappa shape index (κ3) is 17.2. The van der Waals surface area contributed by atoms with Crippen molar-refractivity contribution in [3.63, 3.8) is 0 Å². The molecule has 0 aliphatic heterocycles. The molecule has 0 aromatic heterocycles. The molecule has 0 aliphatic rings. The largest absolute Gasteiger partial charge is 0.480 e. The molecule has 6 nitrogen and oxygen atoms in total. The number of carboxylic acids is 1. The van der Waals surface area contributed by atoms with E-state index in [9.17, 15) is 44.7 Å². The van der Waals surface area contributed by atoms with Crippen LogP contribution >= 0.6 is 23.5 Å². The van der Waals surface area contributed by atoms with E-state index in [-0.39, 0.29) is 47.7 Å². The van der Waals surface area contributed by atoms with Crippen molar-refractivity contribution in [2.45, 2.75) is 102 Å². The van der Waals surface area contributed by atoms with Gasteiger partial charge in [-0.05, 0) is 146 Å². The van der Waals surface area contributed by atoms with E-state index in [1.54, 1.807) is 77.1 Å². The molecule has 0 bridgehead atoms. The van der Waals surface area contributed by atoms with E-state index in [1.807, 2.05) is 0 Å². The Hall–Kier alpha value is -4.12. The highest BCUT2D eigenvalue weighted by Crippen LogP contribution is 2.41. The van der Waals surface area contributed by atoms with E-state index < -0.39 is 59.6 Å². The van der Waals surface area contributed by atoms with Crippen molar-refractivity contribution in [1.29, 1.82) is 0 Å². The van der Waals surface area contributed by atoms with Crippen LogP contribution in [0.3, 0.4) is 0 Å². The van der Waals surface area contributed by atoms with Crippen LogP contribution in [0, 0.1) is 25.5 Å². The van der Waals surface area contributed by atoms with E-state index >= 15 is 0 Å². The predicted octanol–water partition coefficient (Wildman–Crippen LogP) is 12.0. The number of aliphatic carboxylic acids is 1. The van der Waals surface area contributed by atoms with E-state index in [1.165, 1.54) is 66.0 Å². The van der Waals surface area contributed by atoms with Gasteiger partial charge < -0.3 is 21.3 Å². The second-order valence-electron chi connectivity index (χ2n) is 15.8. The fraction of sp³-hybridized carbons (Fsp3) is 0.435. The van der Waals surface area contributed by atoms with Crippen molar-refractivity contribution in [2.75, 3.05) is 23.0 Å². The summed E-state index contributed by atoms with van der Waals surface area (Å²) in [7, 11) is 0. The number of benzene rings is 4. The second kappa shape index (κ2) is 23.5. The number of hydrogen-bond donors (Lipinski definition) is 3. The number of alkyl halides is 6. The van der Waals surface area contributed by atoms with E-state index in [2.05, 4.69) is 0 Å². The number of esters is 1. The molecule has 0 amide bonds. The minimum absolute atomic E-state index is 0.0955. The topological polar surface area (TPSA) is 116 Å². The Balaban J connectivity index is 0.000000333. The second-order valence-corrected chi connectivity index (χ2v) is 18.3. The van der Waals surface area contributed by atoms with Gasteiger partial charge in [-0.1, -0.05) is 66.7 Å². The summed E-state index contributed by atoms with van der Waals surface area (Å²) in [5.41, 5.74) is 14.4. The molecule has 0 fully saturated rings. The van der Waals surface area contributed by atoms with Gasteiger partial charge in [-0.2, -0.15) is 49.9 Å². The summed E-state index contributed by atoms with van der Waals surface area (Å²) < 4.78 is 115. The van der Waals surface area contributed by atoms with E-state index in [0.717, 1.165) is 0 Å². The van der Waals surface area contributed by atoms with Gasteiger partial charge in [-0.3, -0.25) is 9.59 Å². The Morgan fingerprint density at radius 1 is 0.629 bits per heavy atom. The molecule has 340 valence electrons. The smallest absolute Gasteiger partial charge is 0.395 e. The fourth-order valence-corrected chi connectivity index (χ4v) is 8.32. The van der Waals surface area contributed by atoms with Crippen LogP contribution in [-0.4, -0.2) is 70.1 Å². The molecule has 62 heavy (non-hydrogen) atoms.